The lowest BCUT2D eigenvalue weighted by Gasteiger charge is -2.34. The number of hydrogen-bond acceptors (Lipinski definition) is 5. The van der Waals surface area contributed by atoms with Gasteiger partial charge in [0.15, 0.2) is 0 Å². The summed E-state index contributed by atoms with van der Waals surface area (Å²) in [6, 6.07) is 5.00. The number of likely N-dealkylation sites (N-methyl/N-ethyl adjacent to an activating group) is 2. The third kappa shape index (κ3) is 6.34. The van der Waals surface area contributed by atoms with Gasteiger partial charge < -0.3 is 25.0 Å². The van der Waals surface area contributed by atoms with Gasteiger partial charge in [0.1, 0.15) is 12.4 Å². The van der Waals surface area contributed by atoms with E-state index in [0.717, 1.165) is 13.0 Å². The van der Waals surface area contributed by atoms with Crippen LogP contribution in [0.15, 0.2) is 18.2 Å². The molecule has 0 bridgehead atoms. The summed E-state index contributed by atoms with van der Waals surface area (Å²) >= 11 is 0. The molecule has 0 radical (unpaired) electrons. The van der Waals surface area contributed by atoms with Crippen LogP contribution in [0.1, 0.15) is 37.6 Å². The highest BCUT2D eigenvalue weighted by Crippen LogP contribution is 2.26. The van der Waals surface area contributed by atoms with Gasteiger partial charge in [-0.15, -0.1) is 0 Å². The maximum absolute atomic E-state index is 13.1. The van der Waals surface area contributed by atoms with Crippen LogP contribution in [0.3, 0.4) is 0 Å². The minimum Gasteiger partial charge on any atom is -0.491 e. The summed E-state index contributed by atoms with van der Waals surface area (Å²) in [6.45, 7) is 8.56. The highest BCUT2D eigenvalue weighted by molar-refractivity contribution is 5.98. The molecule has 1 aromatic rings. The summed E-state index contributed by atoms with van der Waals surface area (Å²) in [6.07, 6.45) is 0.786. The maximum Gasteiger partial charge on any atom is 0.319 e. The Kier molecular flexibility index (Phi) is 8.92. The summed E-state index contributed by atoms with van der Waals surface area (Å²) in [7, 11) is 5.52. The molecule has 0 aliphatic carbocycles. The summed E-state index contributed by atoms with van der Waals surface area (Å²) in [5.41, 5.74) is 1.05. The summed E-state index contributed by atoms with van der Waals surface area (Å²) in [5.74, 6) is 0.579. The fraction of sp³-hybridized carbons (Fsp3) is 0.636. The Balaban J connectivity index is 2.32. The van der Waals surface area contributed by atoms with Crippen LogP contribution in [0, 0.1) is 5.92 Å². The highest BCUT2D eigenvalue weighted by Gasteiger charge is 2.27. The molecule has 1 aromatic carbocycles. The van der Waals surface area contributed by atoms with E-state index in [1.165, 1.54) is 0 Å². The molecule has 1 aliphatic rings. The van der Waals surface area contributed by atoms with E-state index >= 15 is 0 Å². The van der Waals surface area contributed by atoms with Gasteiger partial charge in [0.05, 0.1) is 11.7 Å². The van der Waals surface area contributed by atoms with Crippen molar-refractivity contribution in [3.8, 4) is 5.75 Å². The van der Waals surface area contributed by atoms with Crippen molar-refractivity contribution in [1.29, 1.82) is 0 Å². The molecule has 2 rings (SSSR count). The minimum atomic E-state index is -0.279. The number of urea groups is 1. The fourth-order valence-corrected chi connectivity index (χ4v) is 3.44. The molecule has 0 saturated carbocycles. The normalized spacial score (nSPS) is 23.6. The van der Waals surface area contributed by atoms with Crippen molar-refractivity contribution in [2.75, 3.05) is 52.8 Å². The lowest BCUT2D eigenvalue weighted by molar-refractivity contribution is 0.0150. The SMILES string of the molecule is CCCNC(=O)Nc1ccc2c(c1)OC[C@H](C)N(C)C[C@@H](C)[C@H](OC)CN(C)C2=O. The molecule has 168 valence electrons. The van der Waals surface area contributed by atoms with Gasteiger partial charge in [0.2, 0.25) is 0 Å². The Morgan fingerprint density at radius 3 is 2.67 bits per heavy atom. The molecule has 30 heavy (non-hydrogen) atoms. The first-order valence-electron chi connectivity index (χ1n) is 10.6. The highest BCUT2D eigenvalue weighted by atomic mass is 16.5. The van der Waals surface area contributed by atoms with Gasteiger partial charge in [-0.2, -0.15) is 0 Å². The van der Waals surface area contributed by atoms with E-state index in [-0.39, 0.29) is 30.0 Å². The Labute approximate surface area is 179 Å². The molecule has 8 heteroatoms. The molecular weight excluding hydrogens is 384 g/mol. The zero-order valence-corrected chi connectivity index (χ0v) is 19.0. The lowest BCUT2D eigenvalue weighted by atomic mass is 10.0. The molecule has 0 aromatic heterocycles. The van der Waals surface area contributed by atoms with E-state index in [1.807, 2.05) is 6.92 Å². The van der Waals surface area contributed by atoms with Crippen molar-refractivity contribution in [2.45, 2.75) is 39.3 Å². The van der Waals surface area contributed by atoms with Gasteiger partial charge >= 0.3 is 6.03 Å². The number of amides is 3. The van der Waals surface area contributed by atoms with Crippen molar-refractivity contribution in [2.24, 2.45) is 5.92 Å². The van der Waals surface area contributed by atoms with Crippen molar-refractivity contribution >= 4 is 17.6 Å². The second-order valence-corrected chi connectivity index (χ2v) is 8.13. The van der Waals surface area contributed by atoms with Gasteiger partial charge in [-0.3, -0.25) is 9.69 Å². The monoisotopic (exact) mass is 420 g/mol. The topological polar surface area (TPSA) is 83.1 Å². The van der Waals surface area contributed by atoms with Gasteiger partial charge in [0, 0.05) is 51.6 Å². The fourth-order valence-electron chi connectivity index (χ4n) is 3.44. The molecule has 8 nitrogen and oxygen atoms in total. The van der Waals surface area contributed by atoms with Crippen LogP contribution in [-0.4, -0.2) is 81.3 Å². The van der Waals surface area contributed by atoms with E-state index in [1.54, 1.807) is 37.3 Å². The van der Waals surface area contributed by atoms with Crippen LogP contribution in [0.25, 0.3) is 0 Å². The molecule has 2 N–H and O–H groups in total. The van der Waals surface area contributed by atoms with E-state index in [4.69, 9.17) is 9.47 Å². The largest absolute Gasteiger partial charge is 0.491 e. The summed E-state index contributed by atoms with van der Waals surface area (Å²) in [4.78, 5) is 29.0. The van der Waals surface area contributed by atoms with Crippen molar-refractivity contribution < 1.29 is 19.1 Å². The number of benzene rings is 1. The molecule has 1 heterocycles. The van der Waals surface area contributed by atoms with E-state index in [0.29, 0.717) is 36.7 Å². The zero-order valence-electron chi connectivity index (χ0n) is 19.0. The number of ether oxygens (including phenoxy) is 2. The zero-order chi connectivity index (χ0) is 22.3. The van der Waals surface area contributed by atoms with Crippen LogP contribution in [-0.2, 0) is 4.74 Å². The molecule has 1 aliphatic heterocycles. The average molecular weight is 421 g/mol. The molecule has 0 saturated heterocycles. The third-order valence-electron chi connectivity index (χ3n) is 5.55. The number of nitrogens with zero attached hydrogens (tertiary/aromatic N) is 2. The minimum absolute atomic E-state index is 0.0689. The van der Waals surface area contributed by atoms with Gasteiger partial charge in [-0.25, -0.2) is 4.79 Å². The number of carbonyl (C=O) groups excluding carboxylic acids is 2. The lowest BCUT2D eigenvalue weighted by Crippen LogP contribution is -2.45. The van der Waals surface area contributed by atoms with Crippen molar-refractivity contribution in [3.05, 3.63) is 23.8 Å². The molecule has 3 atom stereocenters. The second-order valence-electron chi connectivity index (χ2n) is 8.13. The van der Waals surface area contributed by atoms with Crippen LogP contribution in [0.4, 0.5) is 10.5 Å². The van der Waals surface area contributed by atoms with Crippen molar-refractivity contribution in [1.82, 2.24) is 15.1 Å². The Bertz CT molecular complexity index is 727. The predicted octanol–water partition coefficient (Wildman–Crippen LogP) is 2.65. The number of carbonyl (C=O) groups is 2. The van der Waals surface area contributed by atoms with E-state index in [9.17, 15) is 9.59 Å². The average Bonchev–Trinajstić information content (AvgIpc) is 2.72. The number of methoxy groups -OCH3 is 1. The molecule has 0 spiro atoms. The predicted molar refractivity (Wildman–Crippen MR) is 118 cm³/mol. The maximum atomic E-state index is 13.1. The number of fused-ring (bicyclic) bond motifs is 1. The molecule has 0 unspecified atom stereocenters. The van der Waals surface area contributed by atoms with Crippen molar-refractivity contribution in [3.63, 3.8) is 0 Å². The first-order valence-corrected chi connectivity index (χ1v) is 10.6. The number of rotatable bonds is 4. The first-order chi connectivity index (χ1) is 14.3. The van der Waals surface area contributed by atoms with Crippen LogP contribution >= 0.6 is 0 Å². The van der Waals surface area contributed by atoms with Gasteiger partial charge in [-0.1, -0.05) is 13.8 Å². The van der Waals surface area contributed by atoms with Crippen LogP contribution in [0.5, 0.6) is 5.75 Å². The molecular formula is C22H36N4O4. The number of nitrogens with one attached hydrogen (secondary N) is 2. The molecule has 0 fully saturated rings. The summed E-state index contributed by atoms with van der Waals surface area (Å²) < 4.78 is 11.7. The van der Waals surface area contributed by atoms with E-state index < -0.39 is 0 Å². The summed E-state index contributed by atoms with van der Waals surface area (Å²) in [5, 5.41) is 5.57. The third-order valence-corrected chi connectivity index (χ3v) is 5.55. The van der Waals surface area contributed by atoms with Crippen LogP contribution < -0.4 is 15.4 Å². The molecule has 3 amide bonds. The Morgan fingerprint density at radius 2 is 2.00 bits per heavy atom. The Morgan fingerprint density at radius 1 is 1.27 bits per heavy atom. The van der Waals surface area contributed by atoms with Crippen LogP contribution in [0.2, 0.25) is 0 Å². The van der Waals surface area contributed by atoms with Gasteiger partial charge in [-0.05, 0) is 38.4 Å². The number of anilines is 1. The van der Waals surface area contributed by atoms with Gasteiger partial charge in [0.25, 0.3) is 5.91 Å². The Hall–Kier alpha value is -2.32. The second kappa shape index (κ2) is 11.2. The van der Waals surface area contributed by atoms with E-state index in [2.05, 4.69) is 36.4 Å². The number of hydrogen-bond donors (Lipinski definition) is 2. The quantitative estimate of drug-likeness (QED) is 0.783. The first kappa shape index (κ1) is 24.0. The smallest absolute Gasteiger partial charge is 0.319 e. The standard InChI is InChI=1S/C22H36N4O4/c1-7-10-23-22(28)24-17-8-9-18-19(11-17)30-14-16(3)25(4)12-15(2)20(29-6)13-26(5)21(18)27/h8-9,11,15-16,20H,7,10,12-14H2,1-6H3,(H2,23,24,28)/t15-,16+,20-/m1/s1.